The smallest absolute Gasteiger partial charge is 0.417 e. The van der Waals surface area contributed by atoms with E-state index in [1.807, 2.05) is 24.0 Å². The Labute approximate surface area is 194 Å². The van der Waals surface area contributed by atoms with E-state index in [9.17, 15) is 18.0 Å². The number of pyridine rings is 1. The summed E-state index contributed by atoms with van der Waals surface area (Å²) in [5, 5.41) is 9.87. The van der Waals surface area contributed by atoms with Crippen molar-refractivity contribution in [1.82, 2.24) is 20.1 Å². The summed E-state index contributed by atoms with van der Waals surface area (Å²) in [6.07, 6.45) is -2.24. The average molecular weight is 474 g/mol. The third-order valence-electron chi connectivity index (χ3n) is 5.80. The second kappa shape index (κ2) is 9.72. The predicted octanol–water partition coefficient (Wildman–Crippen LogP) is 4.38. The van der Waals surface area contributed by atoms with Crippen molar-refractivity contribution in [2.75, 3.05) is 37.0 Å². The zero-order valence-electron chi connectivity index (χ0n) is 18.8. The van der Waals surface area contributed by atoms with Crippen molar-refractivity contribution in [3.05, 3.63) is 59.9 Å². The van der Waals surface area contributed by atoms with Crippen LogP contribution in [0.1, 0.15) is 18.1 Å². The molecule has 0 aliphatic carbocycles. The number of H-pyrrole nitrogens is 1. The molecule has 1 amide bonds. The Morgan fingerprint density at radius 3 is 2.56 bits per heavy atom. The monoisotopic (exact) mass is 474 g/mol. The summed E-state index contributed by atoms with van der Waals surface area (Å²) in [5.41, 5.74) is 2.73. The molecule has 1 aliphatic rings. The van der Waals surface area contributed by atoms with Crippen LogP contribution in [0.4, 0.5) is 29.5 Å². The summed E-state index contributed by atoms with van der Waals surface area (Å²) >= 11 is 0. The molecule has 2 N–H and O–H groups in total. The number of ether oxygens (including phenoxy) is 1. The topological polar surface area (TPSA) is 86.4 Å². The van der Waals surface area contributed by atoms with Crippen LogP contribution in [0, 0.1) is 0 Å². The number of anilines is 2. The molecule has 1 unspecified atom stereocenters. The number of piperazine rings is 1. The number of aromatic nitrogens is 3. The molecule has 1 fully saturated rings. The van der Waals surface area contributed by atoms with Crippen LogP contribution in [0.3, 0.4) is 0 Å². The minimum atomic E-state index is -4.39. The molecule has 3 heterocycles. The second-order valence-electron chi connectivity index (χ2n) is 8.14. The van der Waals surface area contributed by atoms with Gasteiger partial charge in [0.05, 0.1) is 24.6 Å². The summed E-state index contributed by atoms with van der Waals surface area (Å²) in [5.74, 6) is 0.546. The molecule has 1 saturated heterocycles. The van der Waals surface area contributed by atoms with Crippen LogP contribution in [0.25, 0.3) is 11.3 Å². The first-order chi connectivity index (χ1) is 16.2. The van der Waals surface area contributed by atoms with Gasteiger partial charge in [-0.05, 0) is 31.2 Å². The lowest BCUT2D eigenvalue weighted by molar-refractivity contribution is -0.137. The molecule has 8 nitrogen and oxygen atoms in total. The fourth-order valence-electron chi connectivity index (χ4n) is 4.05. The van der Waals surface area contributed by atoms with E-state index in [1.54, 1.807) is 18.3 Å². The average Bonchev–Trinajstić information content (AvgIpc) is 3.27. The Balaban J connectivity index is 1.39. The SMILES string of the molecule is COC(=O)Nc1ccc(-c2[nH]ncc2CN2CCN(c3ccc(C(F)(F)F)cn3)C(C)C2)cc1. The molecule has 11 heteroatoms. The van der Waals surface area contributed by atoms with Gasteiger partial charge in [0, 0.05) is 55.2 Å². The van der Waals surface area contributed by atoms with Crippen LogP contribution < -0.4 is 10.2 Å². The molecule has 1 aromatic carbocycles. The highest BCUT2D eigenvalue weighted by Crippen LogP contribution is 2.30. The number of halogens is 3. The van der Waals surface area contributed by atoms with Crippen molar-refractivity contribution in [1.29, 1.82) is 0 Å². The lowest BCUT2D eigenvalue weighted by Crippen LogP contribution is -2.51. The number of nitrogens with one attached hydrogen (secondary N) is 2. The van der Waals surface area contributed by atoms with Gasteiger partial charge in [0.1, 0.15) is 5.82 Å². The molecule has 3 aromatic rings. The van der Waals surface area contributed by atoms with Crippen molar-refractivity contribution >= 4 is 17.6 Å². The molecule has 0 saturated carbocycles. The van der Waals surface area contributed by atoms with E-state index in [4.69, 9.17) is 0 Å². The quantitative estimate of drug-likeness (QED) is 0.571. The number of carbonyl (C=O) groups is 1. The summed E-state index contributed by atoms with van der Waals surface area (Å²) in [4.78, 5) is 19.7. The molecule has 1 atom stereocenters. The first kappa shape index (κ1) is 23.6. The van der Waals surface area contributed by atoms with E-state index in [2.05, 4.69) is 30.1 Å². The van der Waals surface area contributed by atoms with Gasteiger partial charge in [-0.1, -0.05) is 12.1 Å². The highest BCUT2D eigenvalue weighted by molar-refractivity contribution is 5.85. The van der Waals surface area contributed by atoms with Crippen LogP contribution >= 0.6 is 0 Å². The van der Waals surface area contributed by atoms with Gasteiger partial charge in [0.15, 0.2) is 0 Å². The van der Waals surface area contributed by atoms with E-state index >= 15 is 0 Å². The van der Waals surface area contributed by atoms with E-state index < -0.39 is 17.8 Å². The molecular formula is C23H25F3N6O2. The molecule has 1 aliphatic heterocycles. The number of carbonyl (C=O) groups excluding carboxylic acids is 1. The molecule has 0 bridgehead atoms. The molecule has 0 spiro atoms. The molecule has 0 radical (unpaired) electrons. The number of aromatic amines is 1. The van der Waals surface area contributed by atoms with Gasteiger partial charge in [-0.25, -0.2) is 9.78 Å². The Kier molecular flexibility index (Phi) is 6.73. The van der Waals surface area contributed by atoms with Crippen LogP contribution in [0.15, 0.2) is 48.8 Å². The Morgan fingerprint density at radius 2 is 1.94 bits per heavy atom. The zero-order chi connectivity index (χ0) is 24.3. The number of methoxy groups -OCH3 is 1. The predicted molar refractivity (Wildman–Crippen MR) is 121 cm³/mol. The Hall–Kier alpha value is -3.60. The van der Waals surface area contributed by atoms with Gasteiger partial charge in [0.2, 0.25) is 0 Å². The van der Waals surface area contributed by atoms with Crippen molar-refractivity contribution in [3.8, 4) is 11.3 Å². The van der Waals surface area contributed by atoms with Crippen LogP contribution in [0.5, 0.6) is 0 Å². The van der Waals surface area contributed by atoms with Gasteiger partial charge >= 0.3 is 12.3 Å². The highest BCUT2D eigenvalue weighted by Gasteiger charge is 2.31. The lowest BCUT2D eigenvalue weighted by atomic mass is 10.1. The number of hydrogen-bond acceptors (Lipinski definition) is 6. The van der Waals surface area contributed by atoms with Gasteiger partial charge in [-0.15, -0.1) is 0 Å². The number of nitrogens with zero attached hydrogens (tertiary/aromatic N) is 4. The molecule has 34 heavy (non-hydrogen) atoms. The molecule has 2 aromatic heterocycles. The summed E-state index contributed by atoms with van der Waals surface area (Å²) in [7, 11) is 1.31. The van der Waals surface area contributed by atoms with Crippen molar-refractivity contribution < 1.29 is 22.7 Å². The van der Waals surface area contributed by atoms with Gasteiger partial charge in [-0.3, -0.25) is 15.3 Å². The number of alkyl halides is 3. The van der Waals surface area contributed by atoms with E-state index in [1.165, 1.54) is 13.2 Å². The fraction of sp³-hybridized carbons (Fsp3) is 0.348. The van der Waals surface area contributed by atoms with Crippen molar-refractivity contribution in [3.63, 3.8) is 0 Å². The van der Waals surface area contributed by atoms with Crippen LogP contribution in [-0.4, -0.2) is 59.0 Å². The van der Waals surface area contributed by atoms with Crippen molar-refractivity contribution in [2.24, 2.45) is 0 Å². The first-order valence-corrected chi connectivity index (χ1v) is 10.7. The Bertz CT molecular complexity index is 1110. The van der Waals surface area contributed by atoms with Crippen LogP contribution in [-0.2, 0) is 17.5 Å². The van der Waals surface area contributed by atoms with Gasteiger partial charge < -0.3 is 9.64 Å². The normalized spacial score (nSPS) is 17.0. The maximum Gasteiger partial charge on any atom is 0.417 e. The highest BCUT2D eigenvalue weighted by atomic mass is 19.4. The summed E-state index contributed by atoms with van der Waals surface area (Å²) in [6, 6.07) is 9.94. The molecular weight excluding hydrogens is 449 g/mol. The summed E-state index contributed by atoms with van der Waals surface area (Å²) in [6.45, 7) is 4.83. The minimum absolute atomic E-state index is 0.0806. The van der Waals surface area contributed by atoms with Gasteiger partial charge in [-0.2, -0.15) is 18.3 Å². The van der Waals surface area contributed by atoms with E-state index in [-0.39, 0.29) is 6.04 Å². The van der Waals surface area contributed by atoms with Gasteiger partial charge in [0.25, 0.3) is 0 Å². The fourth-order valence-corrected chi connectivity index (χ4v) is 4.05. The number of amides is 1. The van der Waals surface area contributed by atoms with E-state index in [0.717, 1.165) is 42.2 Å². The number of hydrogen-bond donors (Lipinski definition) is 2. The molecule has 180 valence electrons. The largest absolute Gasteiger partial charge is 0.453 e. The van der Waals surface area contributed by atoms with Crippen molar-refractivity contribution in [2.45, 2.75) is 25.7 Å². The number of benzene rings is 1. The summed E-state index contributed by atoms with van der Waals surface area (Å²) < 4.78 is 43.1. The first-order valence-electron chi connectivity index (χ1n) is 10.7. The second-order valence-corrected chi connectivity index (χ2v) is 8.14. The third-order valence-corrected chi connectivity index (χ3v) is 5.80. The maximum atomic E-state index is 12.8. The standard InChI is InChI=1S/C23H25F3N6O2/c1-15-13-31(9-10-32(15)20-8-5-18(12-27-20)23(24,25)26)14-17-11-28-30-21(17)16-3-6-19(7-4-16)29-22(33)34-2/h3-8,11-12,15H,9-10,13-14H2,1-2H3,(H,28,30)(H,29,33). The minimum Gasteiger partial charge on any atom is -0.453 e. The zero-order valence-corrected chi connectivity index (χ0v) is 18.8. The lowest BCUT2D eigenvalue weighted by Gasteiger charge is -2.40. The maximum absolute atomic E-state index is 12.8. The Morgan fingerprint density at radius 1 is 1.18 bits per heavy atom. The van der Waals surface area contributed by atoms with E-state index in [0.29, 0.717) is 24.6 Å². The molecule has 4 rings (SSSR count). The van der Waals surface area contributed by atoms with Crippen LogP contribution in [0.2, 0.25) is 0 Å². The third kappa shape index (κ3) is 5.30. The number of rotatable bonds is 5.